The highest BCUT2D eigenvalue weighted by molar-refractivity contribution is 6.32. The van der Waals surface area contributed by atoms with E-state index in [0.717, 1.165) is 17.8 Å². The van der Waals surface area contributed by atoms with Gasteiger partial charge in [0, 0.05) is 13.6 Å². The number of nitrogens with one attached hydrogen (secondary N) is 1. The maximum atomic E-state index is 6.14. The Morgan fingerprint density at radius 3 is 2.89 bits per heavy atom. The zero-order valence-electron chi connectivity index (χ0n) is 10.4. The first-order valence-electron chi connectivity index (χ1n) is 5.60. The van der Waals surface area contributed by atoms with Gasteiger partial charge in [-0.2, -0.15) is 0 Å². The van der Waals surface area contributed by atoms with Crippen LogP contribution < -0.4 is 10.1 Å². The van der Waals surface area contributed by atoms with Crippen LogP contribution in [-0.2, 0) is 20.2 Å². The Labute approximate surface area is 111 Å². The van der Waals surface area contributed by atoms with E-state index in [1.807, 2.05) is 38.5 Å². The van der Waals surface area contributed by atoms with Gasteiger partial charge in [0.2, 0.25) is 0 Å². The fraction of sp³-hybridized carbons (Fsp3) is 0.333. The molecule has 1 aromatic carbocycles. The van der Waals surface area contributed by atoms with Gasteiger partial charge in [-0.1, -0.05) is 22.9 Å². The molecule has 0 amide bonds. The fourth-order valence-electron chi connectivity index (χ4n) is 1.59. The topological polar surface area (TPSA) is 52.0 Å². The van der Waals surface area contributed by atoms with Crippen LogP contribution in [0.25, 0.3) is 0 Å². The zero-order chi connectivity index (χ0) is 13.0. The lowest BCUT2D eigenvalue weighted by Gasteiger charge is -2.08. The van der Waals surface area contributed by atoms with E-state index in [9.17, 15) is 0 Å². The minimum Gasteiger partial charge on any atom is -0.486 e. The molecule has 6 heteroatoms. The van der Waals surface area contributed by atoms with Gasteiger partial charge in [0.1, 0.15) is 18.1 Å². The van der Waals surface area contributed by atoms with Crippen molar-refractivity contribution in [2.45, 2.75) is 13.2 Å². The third-order valence-electron chi connectivity index (χ3n) is 2.40. The molecule has 5 nitrogen and oxygen atoms in total. The number of halogens is 1. The third-order valence-corrected chi connectivity index (χ3v) is 2.70. The normalized spacial score (nSPS) is 10.6. The van der Waals surface area contributed by atoms with Crippen molar-refractivity contribution in [3.8, 4) is 5.75 Å². The molecule has 0 aliphatic rings. The molecule has 0 radical (unpaired) electrons. The first kappa shape index (κ1) is 12.9. The number of hydrogen-bond donors (Lipinski definition) is 1. The fourth-order valence-corrected chi connectivity index (χ4v) is 1.85. The number of aromatic nitrogens is 3. The first-order chi connectivity index (χ1) is 8.69. The predicted octanol–water partition coefficient (Wildman–Crippen LogP) is 1.77. The van der Waals surface area contributed by atoms with E-state index in [4.69, 9.17) is 16.3 Å². The van der Waals surface area contributed by atoms with Crippen LogP contribution in [0.15, 0.2) is 24.4 Å². The maximum Gasteiger partial charge on any atom is 0.138 e. The number of nitrogens with zero attached hydrogens (tertiary/aromatic N) is 3. The van der Waals surface area contributed by atoms with Crippen molar-refractivity contribution in [3.63, 3.8) is 0 Å². The van der Waals surface area contributed by atoms with Crippen LogP contribution in [0.2, 0.25) is 5.02 Å². The van der Waals surface area contributed by atoms with Gasteiger partial charge in [0.05, 0.1) is 11.2 Å². The second-order valence-corrected chi connectivity index (χ2v) is 4.37. The summed E-state index contributed by atoms with van der Waals surface area (Å²) < 4.78 is 7.24. The molecule has 0 saturated heterocycles. The maximum absolute atomic E-state index is 6.14. The monoisotopic (exact) mass is 266 g/mol. The molecule has 0 aliphatic heterocycles. The Balaban J connectivity index is 2.01. The molecule has 0 aliphatic carbocycles. The quantitative estimate of drug-likeness (QED) is 0.896. The van der Waals surface area contributed by atoms with Crippen LogP contribution in [0, 0.1) is 0 Å². The Morgan fingerprint density at radius 1 is 1.44 bits per heavy atom. The van der Waals surface area contributed by atoms with Gasteiger partial charge >= 0.3 is 0 Å². The number of ether oxygens (including phenoxy) is 1. The van der Waals surface area contributed by atoms with Crippen LogP contribution in [0.4, 0.5) is 0 Å². The summed E-state index contributed by atoms with van der Waals surface area (Å²) in [5.74, 6) is 0.655. The summed E-state index contributed by atoms with van der Waals surface area (Å²) in [6.45, 7) is 1.14. The lowest BCUT2D eigenvalue weighted by atomic mass is 10.2. The lowest BCUT2D eigenvalue weighted by molar-refractivity contribution is 0.301. The largest absolute Gasteiger partial charge is 0.486 e. The highest BCUT2D eigenvalue weighted by Gasteiger charge is 2.05. The molecule has 1 aromatic heterocycles. The molecule has 0 fully saturated rings. The van der Waals surface area contributed by atoms with Crippen molar-refractivity contribution in [3.05, 3.63) is 40.7 Å². The summed E-state index contributed by atoms with van der Waals surface area (Å²) in [6.07, 6.45) is 1.81. The minimum absolute atomic E-state index is 0.360. The predicted molar refractivity (Wildman–Crippen MR) is 69.6 cm³/mol. The number of aryl methyl sites for hydroxylation is 1. The average molecular weight is 267 g/mol. The van der Waals surface area contributed by atoms with Crippen LogP contribution in [-0.4, -0.2) is 22.0 Å². The smallest absolute Gasteiger partial charge is 0.138 e. The highest BCUT2D eigenvalue weighted by Crippen LogP contribution is 2.26. The minimum atomic E-state index is 0.360. The van der Waals surface area contributed by atoms with Gasteiger partial charge in [-0.25, -0.2) is 0 Å². The third kappa shape index (κ3) is 3.21. The molecular weight excluding hydrogens is 252 g/mol. The number of hydrogen-bond acceptors (Lipinski definition) is 4. The van der Waals surface area contributed by atoms with Gasteiger partial charge in [-0.3, -0.25) is 4.68 Å². The molecule has 0 spiro atoms. The molecule has 0 atom stereocenters. The Kier molecular flexibility index (Phi) is 4.17. The molecule has 1 N–H and O–H groups in total. The number of rotatable bonds is 5. The Bertz CT molecular complexity index is 527. The lowest BCUT2D eigenvalue weighted by Crippen LogP contribution is -2.05. The summed E-state index contributed by atoms with van der Waals surface area (Å²) in [5, 5.41) is 11.5. The van der Waals surface area contributed by atoms with E-state index in [0.29, 0.717) is 17.4 Å². The second-order valence-electron chi connectivity index (χ2n) is 3.97. The zero-order valence-corrected chi connectivity index (χ0v) is 11.1. The van der Waals surface area contributed by atoms with E-state index in [1.165, 1.54) is 0 Å². The molecule has 2 aromatic rings. The van der Waals surface area contributed by atoms with E-state index in [-0.39, 0.29) is 0 Å². The summed E-state index contributed by atoms with van der Waals surface area (Å²) in [6, 6.07) is 5.74. The van der Waals surface area contributed by atoms with Gasteiger partial charge in [0.15, 0.2) is 0 Å². The first-order valence-corrected chi connectivity index (χ1v) is 5.98. The van der Waals surface area contributed by atoms with Crippen molar-refractivity contribution in [2.24, 2.45) is 7.05 Å². The van der Waals surface area contributed by atoms with Crippen molar-refractivity contribution in [1.29, 1.82) is 0 Å². The molecule has 1 heterocycles. The van der Waals surface area contributed by atoms with Crippen LogP contribution in [0.3, 0.4) is 0 Å². The molecule has 2 rings (SSSR count). The van der Waals surface area contributed by atoms with Crippen LogP contribution in [0.5, 0.6) is 5.75 Å². The average Bonchev–Trinajstić information content (AvgIpc) is 2.74. The summed E-state index contributed by atoms with van der Waals surface area (Å²) >= 11 is 6.14. The molecular formula is C12H15ClN4O. The highest BCUT2D eigenvalue weighted by atomic mass is 35.5. The Hall–Kier alpha value is -1.59. The van der Waals surface area contributed by atoms with Crippen LogP contribution in [0.1, 0.15) is 11.3 Å². The van der Waals surface area contributed by atoms with Gasteiger partial charge in [-0.15, -0.1) is 5.10 Å². The van der Waals surface area contributed by atoms with Crippen molar-refractivity contribution in [1.82, 2.24) is 20.3 Å². The molecule has 0 bridgehead atoms. The second kappa shape index (κ2) is 5.84. The Morgan fingerprint density at radius 2 is 2.28 bits per heavy atom. The molecule has 18 heavy (non-hydrogen) atoms. The molecule has 96 valence electrons. The van der Waals surface area contributed by atoms with Crippen molar-refractivity contribution < 1.29 is 4.74 Å². The molecule has 0 unspecified atom stereocenters. The summed E-state index contributed by atoms with van der Waals surface area (Å²) in [5.41, 5.74) is 1.89. The summed E-state index contributed by atoms with van der Waals surface area (Å²) in [7, 11) is 3.71. The summed E-state index contributed by atoms with van der Waals surface area (Å²) in [4.78, 5) is 0. The number of benzene rings is 1. The van der Waals surface area contributed by atoms with E-state index < -0.39 is 0 Å². The standard InChI is InChI=1S/C12H15ClN4O/c1-14-6-9-3-4-12(11(13)5-9)18-8-10-7-17(2)16-15-10/h3-5,7,14H,6,8H2,1-2H3. The van der Waals surface area contributed by atoms with Crippen LogP contribution >= 0.6 is 11.6 Å². The molecule has 0 saturated carbocycles. The van der Waals surface area contributed by atoms with Gasteiger partial charge in [-0.05, 0) is 24.7 Å². The van der Waals surface area contributed by atoms with Crippen molar-refractivity contribution >= 4 is 11.6 Å². The van der Waals surface area contributed by atoms with Crippen molar-refractivity contribution in [2.75, 3.05) is 7.05 Å². The van der Waals surface area contributed by atoms with Gasteiger partial charge in [0.25, 0.3) is 0 Å². The van der Waals surface area contributed by atoms with E-state index in [1.54, 1.807) is 4.68 Å². The van der Waals surface area contributed by atoms with E-state index in [2.05, 4.69) is 15.6 Å². The van der Waals surface area contributed by atoms with E-state index >= 15 is 0 Å². The SMILES string of the molecule is CNCc1ccc(OCc2cn(C)nn2)c(Cl)c1. The van der Waals surface area contributed by atoms with Gasteiger partial charge < -0.3 is 10.1 Å².